The Morgan fingerprint density at radius 1 is 1.12 bits per heavy atom. The molecule has 0 spiro atoms. The maximum Gasteiger partial charge on any atom is 0.247 e. The third kappa shape index (κ3) is 2.27. The van der Waals surface area contributed by atoms with Gasteiger partial charge in [-0.25, -0.2) is 4.98 Å². The zero-order chi connectivity index (χ0) is 16.5. The number of imidazole rings is 1. The standard InChI is InChI=1S/C17H13N7/c1-12-19-9-10-23(12)16-8-4-7-15-21-17(22-24(15)16)20-14-6-3-2-5-13(14)11-18/h2-10H,1H3,(H,20,22). The van der Waals surface area contributed by atoms with Crippen LogP contribution in [0.4, 0.5) is 11.6 Å². The van der Waals surface area contributed by atoms with Gasteiger partial charge in [0.1, 0.15) is 17.7 Å². The third-order valence-electron chi connectivity index (χ3n) is 3.71. The highest BCUT2D eigenvalue weighted by molar-refractivity contribution is 5.64. The average Bonchev–Trinajstić information content (AvgIpc) is 3.20. The molecule has 0 aliphatic heterocycles. The lowest BCUT2D eigenvalue weighted by Gasteiger charge is -2.06. The van der Waals surface area contributed by atoms with Crippen molar-refractivity contribution in [3.63, 3.8) is 0 Å². The Kier molecular flexibility index (Phi) is 3.21. The second kappa shape index (κ2) is 5.52. The molecule has 4 aromatic rings. The zero-order valence-electron chi connectivity index (χ0n) is 12.9. The van der Waals surface area contributed by atoms with Gasteiger partial charge in [-0.05, 0) is 31.2 Å². The Morgan fingerprint density at radius 2 is 2.00 bits per heavy atom. The maximum atomic E-state index is 9.19. The molecule has 7 heteroatoms. The molecular weight excluding hydrogens is 302 g/mol. The smallest absolute Gasteiger partial charge is 0.247 e. The molecule has 24 heavy (non-hydrogen) atoms. The quantitative estimate of drug-likeness (QED) is 0.628. The number of nitriles is 1. The Bertz CT molecular complexity index is 1070. The first-order chi connectivity index (χ1) is 11.8. The Hall–Kier alpha value is -3.66. The van der Waals surface area contributed by atoms with Crippen molar-refractivity contribution < 1.29 is 0 Å². The van der Waals surface area contributed by atoms with E-state index in [2.05, 4.69) is 26.5 Å². The van der Waals surface area contributed by atoms with Crippen LogP contribution in [0.5, 0.6) is 0 Å². The normalized spacial score (nSPS) is 10.7. The molecular formula is C17H13N7. The number of benzene rings is 1. The number of aromatic nitrogens is 5. The summed E-state index contributed by atoms with van der Waals surface area (Å²) < 4.78 is 3.68. The molecule has 3 aromatic heterocycles. The first-order valence-corrected chi connectivity index (χ1v) is 7.38. The van der Waals surface area contributed by atoms with Crippen LogP contribution >= 0.6 is 0 Å². The number of rotatable bonds is 3. The minimum Gasteiger partial charge on any atom is -0.322 e. The molecule has 0 fully saturated rings. The summed E-state index contributed by atoms with van der Waals surface area (Å²) >= 11 is 0. The molecule has 0 aliphatic rings. The molecule has 1 aromatic carbocycles. The van der Waals surface area contributed by atoms with E-state index in [1.807, 2.05) is 54.1 Å². The fourth-order valence-corrected chi connectivity index (χ4v) is 2.56. The third-order valence-corrected chi connectivity index (χ3v) is 3.71. The maximum absolute atomic E-state index is 9.19. The molecule has 4 rings (SSSR count). The second-order valence-corrected chi connectivity index (χ2v) is 5.22. The Morgan fingerprint density at radius 3 is 2.79 bits per heavy atom. The van der Waals surface area contributed by atoms with E-state index in [0.717, 1.165) is 11.6 Å². The van der Waals surface area contributed by atoms with Crippen LogP contribution in [0, 0.1) is 18.3 Å². The molecule has 0 aliphatic carbocycles. The van der Waals surface area contributed by atoms with E-state index in [0.29, 0.717) is 22.8 Å². The summed E-state index contributed by atoms with van der Waals surface area (Å²) in [6.45, 7) is 1.93. The first-order valence-electron chi connectivity index (χ1n) is 7.38. The number of para-hydroxylation sites is 1. The number of nitrogens with one attached hydrogen (secondary N) is 1. The lowest BCUT2D eigenvalue weighted by Crippen LogP contribution is -2.04. The van der Waals surface area contributed by atoms with Crippen molar-refractivity contribution in [1.82, 2.24) is 24.1 Å². The van der Waals surface area contributed by atoms with Crippen molar-refractivity contribution in [1.29, 1.82) is 5.26 Å². The van der Waals surface area contributed by atoms with Crippen molar-refractivity contribution in [2.45, 2.75) is 6.92 Å². The summed E-state index contributed by atoms with van der Waals surface area (Å²) in [5.41, 5.74) is 1.93. The first kappa shape index (κ1) is 14.0. The van der Waals surface area contributed by atoms with E-state index in [1.165, 1.54) is 0 Å². The van der Waals surface area contributed by atoms with Gasteiger partial charge in [0.2, 0.25) is 5.95 Å². The number of anilines is 2. The summed E-state index contributed by atoms with van der Waals surface area (Å²) in [5, 5.41) is 16.8. The number of hydrogen-bond acceptors (Lipinski definition) is 5. The van der Waals surface area contributed by atoms with E-state index in [4.69, 9.17) is 0 Å². The van der Waals surface area contributed by atoms with Gasteiger partial charge in [0.15, 0.2) is 5.65 Å². The number of hydrogen-bond donors (Lipinski definition) is 1. The summed E-state index contributed by atoms with van der Waals surface area (Å²) in [6.07, 6.45) is 3.62. The molecule has 0 unspecified atom stereocenters. The van der Waals surface area contributed by atoms with Crippen LogP contribution in [-0.2, 0) is 0 Å². The van der Waals surface area contributed by atoms with Gasteiger partial charge in [0, 0.05) is 12.4 Å². The SMILES string of the molecule is Cc1nccn1-c1cccc2nc(Nc3ccccc3C#N)nn12. The highest BCUT2D eigenvalue weighted by Gasteiger charge is 2.11. The van der Waals surface area contributed by atoms with Crippen LogP contribution in [0.25, 0.3) is 11.5 Å². The van der Waals surface area contributed by atoms with E-state index in [-0.39, 0.29) is 0 Å². The van der Waals surface area contributed by atoms with Crippen LogP contribution < -0.4 is 5.32 Å². The van der Waals surface area contributed by atoms with Crippen LogP contribution in [-0.4, -0.2) is 24.1 Å². The minimum absolute atomic E-state index is 0.433. The Balaban J connectivity index is 1.80. The monoisotopic (exact) mass is 315 g/mol. The molecule has 0 atom stereocenters. The highest BCUT2D eigenvalue weighted by Crippen LogP contribution is 2.20. The largest absolute Gasteiger partial charge is 0.322 e. The molecule has 116 valence electrons. The van der Waals surface area contributed by atoms with Gasteiger partial charge in [0.25, 0.3) is 0 Å². The van der Waals surface area contributed by atoms with Crippen LogP contribution in [0.15, 0.2) is 54.9 Å². The summed E-state index contributed by atoms with van der Waals surface area (Å²) in [5.74, 6) is 2.14. The fourth-order valence-electron chi connectivity index (χ4n) is 2.56. The number of pyridine rings is 1. The molecule has 0 bridgehead atoms. The molecule has 1 N–H and O–H groups in total. The number of nitrogens with zero attached hydrogens (tertiary/aromatic N) is 6. The summed E-state index contributed by atoms with van der Waals surface area (Å²) in [7, 11) is 0. The predicted octanol–water partition coefficient (Wildman–Crippen LogP) is 2.84. The zero-order valence-corrected chi connectivity index (χ0v) is 12.9. The average molecular weight is 315 g/mol. The van der Waals surface area contributed by atoms with Gasteiger partial charge in [-0.2, -0.15) is 14.8 Å². The van der Waals surface area contributed by atoms with E-state index in [9.17, 15) is 5.26 Å². The van der Waals surface area contributed by atoms with Crippen molar-refractivity contribution in [3.8, 4) is 11.9 Å². The molecule has 0 saturated heterocycles. The van der Waals surface area contributed by atoms with Crippen molar-refractivity contribution in [2.24, 2.45) is 0 Å². The van der Waals surface area contributed by atoms with E-state index >= 15 is 0 Å². The molecule has 0 saturated carbocycles. The van der Waals surface area contributed by atoms with Gasteiger partial charge in [0.05, 0.1) is 11.3 Å². The van der Waals surface area contributed by atoms with Crippen LogP contribution in [0.3, 0.4) is 0 Å². The van der Waals surface area contributed by atoms with Crippen LogP contribution in [0.1, 0.15) is 11.4 Å². The van der Waals surface area contributed by atoms with Gasteiger partial charge in [-0.15, -0.1) is 5.10 Å². The number of fused-ring (bicyclic) bond motifs is 1. The van der Waals surface area contributed by atoms with Gasteiger partial charge in [-0.1, -0.05) is 18.2 Å². The van der Waals surface area contributed by atoms with Gasteiger partial charge in [-0.3, -0.25) is 4.57 Å². The lowest BCUT2D eigenvalue weighted by molar-refractivity contribution is 0.846. The predicted molar refractivity (Wildman–Crippen MR) is 89.3 cm³/mol. The number of aryl methyl sites for hydroxylation is 1. The lowest BCUT2D eigenvalue weighted by atomic mass is 10.2. The van der Waals surface area contributed by atoms with Crippen molar-refractivity contribution in [2.75, 3.05) is 5.32 Å². The van der Waals surface area contributed by atoms with E-state index < -0.39 is 0 Å². The molecule has 3 heterocycles. The van der Waals surface area contributed by atoms with E-state index in [1.54, 1.807) is 16.8 Å². The fraction of sp³-hybridized carbons (Fsp3) is 0.0588. The van der Waals surface area contributed by atoms with Gasteiger partial charge < -0.3 is 5.32 Å². The Labute approximate surface area is 137 Å². The second-order valence-electron chi connectivity index (χ2n) is 5.22. The summed E-state index contributed by atoms with van der Waals surface area (Å²) in [6, 6.07) is 15.2. The minimum atomic E-state index is 0.433. The van der Waals surface area contributed by atoms with Crippen molar-refractivity contribution in [3.05, 3.63) is 66.2 Å². The molecule has 7 nitrogen and oxygen atoms in total. The van der Waals surface area contributed by atoms with Gasteiger partial charge >= 0.3 is 0 Å². The summed E-state index contributed by atoms with van der Waals surface area (Å²) in [4.78, 5) is 8.73. The molecule has 0 amide bonds. The topological polar surface area (TPSA) is 83.8 Å². The van der Waals surface area contributed by atoms with Crippen LogP contribution in [0.2, 0.25) is 0 Å². The highest BCUT2D eigenvalue weighted by atomic mass is 15.4. The van der Waals surface area contributed by atoms with Crippen molar-refractivity contribution >= 4 is 17.3 Å². The molecule has 0 radical (unpaired) electrons.